The largest absolute Gasteiger partial charge is 0.494 e. The Morgan fingerprint density at radius 3 is 1.57 bits per heavy atom. The first-order valence-corrected chi connectivity index (χ1v) is 10.0. The van der Waals surface area contributed by atoms with Gasteiger partial charge in [0.15, 0.2) is 0 Å². The summed E-state index contributed by atoms with van der Waals surface area (Å²) < 4.78 is 10.6. The summed E-state index contributed by atoms with van der Waals surface area (Å²) in [6.07, 6.45) is 0. The minimum Gasteiger partial charge on any atom is -0.494 e. The van der Waals surface area contributed by atoms with E-state index in [1.54, 1.807) is 30.3 Å². The molecule has 0 saturated heterocycles. The Morgan fingerprint density at radius 2 is 1.17 bits per heavy atom. The number of rotatable bonds is 8. The van der Waals surface area contributed by atoms with Crippen LogP contribution in [0.3, 0.4) is 0 Å². The zero-order valence-corrected chi connectivity index (χ0v) is 18.9. The van der Waals surface area contributed by atoms with E-state index in [1.807, 2.05) is 0 Å². The van der Waals surface area contributed by atoms with E-state index in [0.29, 0.717) is 5.56 Å². The van der Waals surface area contributed by atoms with Crippen LogP contribution in [0.25, 0.3) is 0 Å². The van der Waals surface area contributed by atoms with Gasteiger partial charge in [0.05, 0.1) is 41.0 Å². The maximum absolute atomic E-state index is 12.9. The number of anilines is 2. The van der Waals surface area contributed by atoms with E-state index in [9.17, 15) is 29.8 Å². The first-order chi connectivity index (χ1) is 16.7. The first kappa shape index (κ1) is 24.6. The number of amides is 2. The predicted molar refractivity (Wildman–Crippen MR) is 126 cm³/mol. The number of benzene rings is 3. The number of nitrogens with zero attached hydrogens (tertiary/aromatic N) is 2. The summed E-state index contributed by atoms with van der Waals surface area (Å²) >= 11 is 0. The number of carbonyl (C=O) groups excluding carboxylic acids is 2. The predicted octanol–water partition coefficient (Wildman–Crippen LogP) is 4.33. The Bertz CT molecular complexity index is 1290. The van der Waals surface area contributed by atoms with Crippen LogP contribution in [0.2, 0.25) is 0 Å². The van der Waals surface area contributed by atoms with Crippen LogP contribution in [0.5, 0.6) is 11.5 Å². The van der Waals surface area contributed by atoms with Gasteiger partial charge in [-0.1, -0.05) is 18.2 Å². The Kier molecular flexibility index (Phi) is 7.25. The molecule has 0 aliphatic carbocycles. The second-order valence-electron chi connectivity index (χ2n) is 7.18. The van der Waals surface area contributed by atoms with Crippen LogP contribution in [0.1, 0.15) is 26.3 Å². The summed E-state index contributed by atoms with van der Waals surface area (Å²) in [6.45, 7) is 1.23. The molecule has 180 valence electrons. The molecular weight excluding hydrogens is 460 g/mol. The minimum absolute atomic E-state index is 0.109. The quantitative estimate of drug-likeness (QED) is 0.355. The molecule has 0 heterocycles. The Hall–Kier alpha value is -5.00. The molecule has 3 aromatic carbocycles. The number of nitro groups is 2. The molecule has 0 saturated carbocycles. The van der Waals surface area contributed by atoms with Gasteiger partial charge in [-0.05, 0) is 19.1 Å². The van der Waals surface area contributed by atoms with Crippen molar-refractivity contribution in [2.75, 3.05) is 24.9 Å². The maximum atomic E-state index is 12.9. The summed E-state index contributed by atoms with van der Waals surface area (Å²) in [7, 11) is 2.69. The van der Waals surface area contributed by atoms with E-state index >= 15 is 0 Å². The second-order valence-corrected chi connectivity index (χ2v) is 7.18. The van der Waals surface area contributed by atoms with Crippen LogP contribution in [0, 0.1) is 27.2 Å². The SMILES string of the molecule is COc1cc(NC(=O)c2cc([N+](=O)[O-])c(C)c([N+](=O)[O-])c2)c(OC)cc1NC(=O)c1ccccc1. The normalized spacial score (nSPS) is 10.3. The summed E-state index contributed by atoms with van der Waals surface area (Å²) in [5.74, 6) is -0.926. The molecule has 2 N–H and O–H groups in total. The van der Waals surface area contributed by atoms with Gasteiger partial charge in [-0.2, -0.15) is 0 Å². The molecule has 0 aliphatic rings. The van der Waals surface area contributed by atoms with Crippen LogP contribution in [-0.4, -0.2) is 35.9 Å². The number of hydrogen-bond donors (Lipinski definition) is 2. The third kappa shape index (κ3) is 5.33. The fraction of sp³-hybridized carbons (Fsp3) is 0.130. The first-order valence-electron chi connectivity index (χ1n) is 10.0. The highest BCUT2D eigenvalue weighted by molar-refractivity contribution is 6.08. The molecule has 12 heteroatoms. The fourth-order valence-corrected chi connectivity index (χ4v) is 3.27. The summed E-state index contributed by atoms with van der Waals surface area (Å²) in [5, 5.41) is 27.9. The molecule has 0 fully saturated rings. The van der Waals surface area contributed by atoms with Crippen molar-refractivity contribution in [3.05, 3.63) is 91.5 Å². The Labute approximate surface area is 198 Å². The van der Waals surface area contributed by atoms with E-state index in [2.05, 4.69) is 10.6 Å². The molecule has 3 rings (SSSR count). The van der Waals surface area contributed by atoms with E-state index in [-0.39, 0.29) is 34.0 Å². The van der Waals surface area contributed by atoms with Crippen LogP contribution >= 0.6 is 0 Å². The topological polar surface area (TPSA) is 163 Å². The molecule has 12 nitrogen and oxygen atoms in total. The van der Waals surface area contributed by atoms with Gasteiger partial charge < -0.3 is 20.1 Å². The third-order valence-electron chi connectivity index (χ3n) is 5.06. The van der Waals surface area contributed by atoms with Gasteiger partial charge >= 0.3 is 0 Å². The lowest BCUT2D eigenvalue weighted by Gasteiger charge is -2.16. The van der Waals surface area contributed by atoms with Crippen molar-refractivity contribution >= 4 is 34.6 Å². The molecule has 0 bridgehead atoms. The lowest BCUT2D eigenvalue weighted by molar-refractivity contribution is -0.395. The smallest absolute Gasteiger partial charge is 0.279 e. The molecule has 0 aromatic heterocycles. The number of ether oxygens (including phenoxy) is 2. The van der Waals surface area contributed by atoms with Crippen LogP contribution in [0.4, 0.5) is 22.7 Å². The highest BCUT2D eigenvalue weighted by Crippen LogP contribution is 2.37. The third-order valence-corrected chi connectivity index (χ3v) is 5.06. The van der Waals surface area contributed by atoms with E-state index in [0.717, 1.165) is 12.1 Å². The van der Waals surface area contributed by atoms with Crippen LogP contribution < -0.4 is 20.1 Å². The molecule has 35 heavy (non-hydrogen) atoms. The molecule has 0 radical (unpaired) electrons. The summed E-state index contributed by atoms with van der Waals surface area (Å²) in [4.78, 5) is 46.5. The second kappa shape index (κ2) is 10.3. The van der Waals surface area contributed by atoms with Crippen molar-refractivity contribution < 1.29 is 28.9 Å². The zero-order chi connectivity index (χ0) is 25.7. The van der Waals surface area contributed by atoms with Crippen molar-refractivity contribution in [3.8, 4) is 11.5 Å². The lowest BCUT2D eigenvalue weighted by Crippen LogP contribution is -2.15. The van der Waals surface area contributed by atoms with E-state index in [4.69, 9.17) is 9.47 Å². The van der Waals surface area contributed by atoms with Crippen molar-refractivity contribution in [1.29, 1.82) is 0 Å². The molecule has 0 aliphatic heterocycles. The molecule has 2 amide bonds. The van der Waals surface area contributed by atoms with Gasteiger partial charge in [0, 0.05) is 29.8 Å². The van der Waals surface area contributed by atoms with Crippen LogP contribution in [-0.2, 0) is 0 Å². The number of methoxy groups -OCH3 is 2. The number of nitrogens with one attached hydrogen (secondary N) is 2. The molecule has 3 aromatic rings. The number of nitro benzene ring substituents is 2. The van der Waals surface area contributed by atoms with Gasteiger partial charge in [-0.3, -0.25) is 29.8 Å². The van der Waals surface area contributed by atoms with E-state index < -0.39 is 33.0 Å². The summed E-state index contributed by atoms with van der Waals surface area (Å²) in [6, 6.07) is 13.2. The average molecular weight is 480 g/mol. The van der Waals surface area contributed by atoms with Crippen molar-refractivity contribution in [3.63, 3.8) is 0 Å². The van der Waals surface area contributed by atoms with Crippen molar-refractivity contribution in [2.45, 2.75) is 6.92 Å². The lowest BCUT2D eigenvalue weighted by atomic mass is 10.1. The highest BCUT2D eigenvalue weighted by Gasteiger charge is 2.26. The fourth-order valence-electron chi connectivity index (χ4n) is 3.27. The number of hydrogen-bond acceptors (Lipinski definition) is 8. The van der Waals surface area contributed by atoms with Crippen molar-refractivity contribution in [2.24, 2.45) is 0 Å². The molecule has 0 spiro atoms. The van der Waals surface area contributed by atoms with Crippen molar-refractivity contribution in [1.82, 2.24) is 0 Å². The van der Waals surface area contributed by atoms with Gasteiger partial charge in [-0.15, -0.1) is 0 Å². The minimum atomic E-state index is -0.849. The molecule has 0 atom stereocenters. The van der Waals surface area contributed by atoms with Gasteiger partial charge in [0.1, 0.15) is 17.1 Å². The summed E-state index contributed by atoms with van der Waals surface area (Å²) in [5.41, 5.74) is -0.810. The van der Waals surface area contributed by atoms with Gasteiger partial charge in [-0.25, -0.2) is 0 Å². The van der Waals surface area contributed by atoms with E-state index in [1.165, 1.54) is 33.3 Å². The maximum Gasteiger partial charge on any atom is 0.279 e. The number of carbonyl (C=O) groups is 2. The standard InChI is InChI=1S/C23H20N4O8/c1-13-18(26(30)31)9-15(10-19(13)27(32)33)23(29)25-17-12-20(34-2)16(11-21(17)35-3)24-22(28)14-7-5-4-6-8-14/h4-12H,1-3H3,(H,24,28)(H,25,29). The highest BCUT2D eigenvalue weighted by atomic mass is 16.6. The Morgan fingerprint density at radius 1 is 0.743 bits per heavy atom. The average Bonchev–Trinajstić information content (AvgIpc) is 2.84. The monoisotopic (exact) mass is 480 g/mol. The zero-order valence-electron chi connectivity index (χ0n) is 18.9. The molecule has 0 unspecified atom stereocenters. The van der Waals surface area contributed by atoms with Crippen LogP contribution in [0.15, 0.2) is 54.6 Å². The molecular formula is C23H20N4O8. The van der Waals surface area contributed by atoms with Gasteiger partial charge in [0.2, 0.25) is 0 Å². The Balaban J connectivity index is 1.96. The van der Waals surface area contributed by atoms with Gasteiger partial charge in [0.25, 0.3) is 23.2 Å².